The summed E-state index contributed by atoms with van der Waals surface area (Å²) in [6, 6.07) is 2.06. The smallest absolute Gasteiger partial charge is 0.0772 e. The van der Waals surface area contributed by atoms with Gasteiger partial charge in [-0.25, -0.2) is 0 Å². The first-order chi connectivity index (χ1) is 9.70. The predicted molar refractivity (Wildman–Crippen MR) is 92.7 cm³/mol. The number of halogens is 2. The number of hydrogen-bond donors (Lipinski definition) is 1. The molecule has 0 aliphatic heterocycles. The molecule has 0 spiro atoms. The molecular formula is C16H22Br2N2. The highest BCUT2D eigenvalue weighted by Gasteiger charge is 2.18. The van der Waals surface area contributed by atoms with Crippen molar-refractivity contribution in [3.8, 4) is 0 Å². The standard InChI is InChI=1S/C16H22Br2N2/c1-2-19-10-13(12-6-4-3-5-7-12)8-16-15(18)9-14(17)11-20-16/h8-9,11-12,19H,2-7,10H2,1H3. The minimum atomic E-state index is 0.722. The zero-order chi connectivity index (χ0) is 14.4. The molecule has 1 fully saturated rings. The molecule has 0 atom stereocenters. The second-order valence-electron chi connectivity index (χ2n) is 5.36. The van der Waals surface area contributed by atoms with Crippen LogP contribution in [0.3, 0.4) is 0 Å². The molecular weight excluding hydrogens is 380 g/mol. The van der Waals surface area contributed by atoms with Gasteiger partial charge in [0.1, 0.15) is 0 Å². The van der Waals surface area contributed by atoms with Crippen molar-refractivity contribution in [3.63, 3.8) is 0 Å². The first kappa shape index (κ1) is 16.2. The Morgan fingerprint density at radius 3 is 2.75 bits per heavy atom. The molecule has 2 nitrogen and oxygen atoms in total. The number of pyridine rings is 1. The van der Waals surface area contributed by atoms with E-state index in [0.29, 0.717) is 0 Å². The summed E-state index contributed by atoms with van der Waals surface area (Å²) in [6.07, 6.45) is 10.9. The van der Waals surface area contributed by atoms with Crippen LogP contribution in [0.4, 0.5) is 0 Å². The molecule has 4 heteroatoms. The van der Waals surface area contributed by atoms with Gasteiger partial charge in [0.2, 0.25) is 0 Å². The van der Waals surface area contributed by atoms with Crippen LogP contribution in [0.5, 0.6) is 0 Å². The Morgan fingerprint density at radius 1 is 1.35 bits per heavy atom. The molecule has 1 saturated carbocycles. The van der Waals surface area contributed by atoms with Crippen LogP contribution in [-0.4, -0.2) is 18.1 Å². The Hall–Kier alpha value is -0.190. The van der Waals surface area contributed by atoms with Crippen molar-refractivity contribution in [2.45, 2.75) is 39.0 Å². The van der Waals surface area contributed by atoms with Gasteiger partial charge in [-0.1, -0.05) is 31.8 Å². The van der Waals surface area contributed by atoms with Crippen LogP contribution in [0.15, 0.2) is 26.8 Å². The molecule has 0 saturated heterocycles. The lowest BCUT2D eigenvalue weighted by Crippen LogP contribution is -2.22. The van der Waals surface area contributed by atoms with Gasteiger partial charge in [0.25, 0.3) is 0 Å². The van der Waals surface area contributed by atoms with Crippen LogP contribution in [0.25, 0.3) is 6.08 Å². The average molecular weight is 402 g/mol. The second-order valence-corrected chi connectivity index (χ2v) is 7.13. The first-order valence-corrected chi connectivity index (χ1v) is 9.01. The lowest BCUT2D eigenvalue weighted by atomic mass is 9.83. The number of nitrogens with one attached hydrogen (secondary N) is 1. The van der Waals surface area contributed by atoms with E-state index in [4.69, 9.17) is 0 Å². The van der Waals surface area contributed by atoms with Crippen LogP contribution in [0.2, 0.25) is 0 Å². The lowest BCUT2D eigenvalue weighted by molar-refractivity contribution is 0.397. The molecule has 1 N–H and O–H groups in total. The zero-order valence-corrected chi connectivity index (χ0v) is 15.1. The third-order valence-corrected chi connectivity index (χ3v) is 4.94. The molecule has 0 aromatic carbocycles. The fraction of sp³-hybridized carbons (Fsp3) is 0.562. The van der Waals surface area contributed by atoms with E-state index < -0.39 is 0 Å². The molecule has 1 aromatic heterocycles. The average Bonchev–Trinajstić information content (AvgIpc) is 2.46. The summed E-state index contributed by atoms with van der Waals surface area (Å²) >= 11 is 7.07. The molecule has 0 unspecified atom stereocenters. The van der Waals surface area contributed by atoms with Gasteiger partial charge in [0.15, 0.2) is 0 Å². The summed E-state index contributed by atoms with van der Waals surface area (Å²) in [5.41, 5.74) is 2.54. The van der Waals surface area contributed by atoms with Crippen molar-refractivity contribution in [2.24, 2.45) is 5.92 Å². The number of aromatic nitrogens is 1. The summed E-state index contributed by atoms with van der Waals surface area (Å²) in [4.78, 5) is 4.52. The van der Waals surface area contributed by atoms with Crippen molar-refractivity contribution in [1.82, 2.24) is 10.3 Å². The topological polar surface area (TPSA) is 24.9 Å². The monoisotopic (exact) mass is 400 g/mol. The predicted octanol–water partition coefficient (Wildman–Crippen LogP) is 5.18. The van der Waals surface area contributed by atoms with E-state index >= 15 is 0 Å². The van der Waals surface area contributed by atoms with Gasteiger partial charge in [0.05, 0.1) is 5.69 Å². The lowest BCUT2D eigenvalue weighted by Gasteiger charge is -2.25. The summed E-state index contributed by atoms with van der Waals surface area (Å²) in [7, 11) is 0. The van der Waals surface area contributed by atoms with Crippen molar-refractivity contribution in [1.29, 1.82) is 0 Å². The highest BCUT2D eigenvalue weighted by molar-refractivity contribution is 9.11. The van der Waals surface area contributed by atoms with E-state index in [9.17, 15) is 0 Å². The van der Waals surface area contributed by atoms with Crippen LogP contribution in [-0.2, 0) is 0 Å². The van der Waals surface area contributed by atoms with Gasteiger partial charge in [-0.05, 0) is 69.3 Å². The largest absolute Gasteiger partial charge is 0.313 e. The normalized spacial score (nSPS) is 17.4. The third-order valence-electron chi connectivity index (χ3n) is 3.87. The summed E-state index contributed by atoms with van der Waals surface area (Å²) in [6.45, 7) is 4.15. The van der Waals surface area contributed by atoms with Crippen LogP contribution >= 0.6 is 31.9 Å². The molecule has 2 rings (SSSR count). The van der Waals surface area contributed by atoms with Crippen LogP contribution in [0.1, 0.15) is 44.7 Å². The minimum Gasteiger partial charge on any atom is -0.313 e. The molecule has 1 aliphatic carbocycles. The SMILES string of the molecule is CCNCC(=Cc1ncc(Br)cc1Br)C1CCCCC1. The number of rotatable bonds is 5. The zero-order valence-electron chi connectivity index (χ0n) is 12.0. The third kappa shape index (κ3) is 4.68. The molecule has 110 valence electrons. The van der Waals surface area contributed by atoms with Gasteiger partial charge in [-0.15, -0.1) is 0 Å². The van der Waals surface area contributed by atoms with Crippen molar-refractivity contribution in [3.05, 3.63) is 32.5 Å². The maximum Gasteiger partial charge on any atom is 0.0772 e. The Morgan fingerprint density at radius 2 is 2.10 bits per heavy atom. The van der Waals surface area contributed by atoms with Crippen molar-refractivity contribution in [2.75, 3.05) is 13.1 Å². The molecule has 1 aromatic rings. The van der Waals surface area contributed by atoms with Gasteiger partial charge in [0, 0.05) is 21.7 Å². The summed E-state index contributed by atoms with van der Waals surface area (Å²) < 4.78 is 2.06. The maximum absolute atomic E-state index is 4.52. The van der Waals surface area contributed by atoms with E-state index in [1.807, 2.05) is 6.20 Å². The van der Waals surface area contributed by atoms with Crippen LogP contribution in [0, 0.1) is 5.92 Å². The second kappa shape index (κ2) is 8.30. The number of hydrogen-bond acceptors (Lipinski definition) is 2. The minimum absolute atomic E-state index is 0.722. The van der Waals surface area contributed by atoms with E-state index in [1.54, 1.807) is 0 Å². The molecule has 0 bridgehead atoms. The van der Waals surface area contributed by atoms with Gasteiger partial charge >= 0.3 is 0 Å². The highest BCUT2D eigenvalue weighted by Crippen LogP contribution is 2.31. The van der Waals surface area contributed by atoms with E-state index in [0.717, 1.165) is 33.6 Å². The Balaban J connectivity index is 2.21. The van der Waals surface area contributed by atoms with E-state index in [2.05, 4.69) is 61.2 Å². The maximum atomic E-state index is 4.52. The summed E-state index contributed by atoms with van der Waals surface area (Å²) in [5.74, 6) is 0.722. The van der Waals surface area contributed by atoms with E-state index in [-0.39, 0.29) is 0 Å². The first-order valence-electron chi connectivity index (χ1n) is 7.43. The van der Waals surface area contributed by atoms with Gasteiger partial charge in [-0.3, -0.25) is 4.98 Å². The fourth-order valence-corrected chi connectivity index (χ4v) is 3.86. The highest BCUT2D eigenvalue weighted by atomic mass is 79.9. The Kier molecular flexibility index (Phi) is 6.72. The summed E-state index contributed by atoms with van der Waals surface area (Å²) in [5, 5.41) is 3.48. The molecule has 0 radical (unpaired) electrons. The molecule has 1 heterocycles. The van der Waals surface area contributed by atoms with Gasteiger partial charge in [-0.2, -0.15) is 0 Å². The Bertz CT molecular complexity index is 466. The van der Waals surface area contributed by atoms with Gasteiger partial charge < -0.3 is 5.32 Å². The molecule has 20 heavy (non-hydrogen) atoms. The number of likely N-dealkylation sites (N-methyl/N-ethyl adjacent to an activating group) is 1. The quantitative estimate of drug-likeness (QED) is 0.735. The van der Waals surface area contributed by atoms with Crippen LogP contribution < -0.4 is 5.32 Å². The number of nitrogens with zero attached hydrogens (tertiary/aromatic N) is 1. The fourth-order valence-electron chi connectivity index (χ4n) is 2.76. The van der Waals surface area contributed by atoms with Crippen molar-refractivity contribution < 1.29 is 0 Å². The molecule has 0 amide bonds. The Labute approximate surface area is 138 Å². The molecule has 1 aliphatic rings. The van der Waals surface area contributed by atoms with Crippen molar-refractivity contribution >= 4 is 37.9 Å². The van der Waals surface area contributed by atoms with E-state index in [1.165, 1.54) is 37.7 Å².